The van der Waals surface area contributed by atoms with Crippen molar-refractivity contribution in [2.45, 2.75) is 6.42 Å². The van der Waals surface area contributed by atoms with Gasteiger partial charge in [0.05, 0.1) is 6.42 Å². The van der Waals surface area contributed by atoms with Crippen molar-refractivity contribution in [1.29, 1.82) is 0 Å². The van der Waals surface area contributed by atoms with Crippen LogP contribution in [0.15, 0.2) is 40.9 Å². The Hall–Kier alpha value is -2.08. The van der Waals surface area contributed by atoms with Gasteiger partial charge in [-0.25, -0.2) is 13.7 Å². The van der Waals surface area contributed by atoms with Crippen LogP contribution in [0, 0.1) is 11.6 Å². The number of imide groups is 1. The van der Waals surface area contributed by atoms with Gasteiger partial charge >= 0.3 is 0 Å². The van der Waals surface area contributed by atoms with Crippen LogP contribution in [0.4, 0.5) is 14.5 Å². The lowest BCUT2D eigenvalue weighted by Gasteiger charge is -2.27. The second-order valence-electron chi connectivity index (χ2n) is 4.59. The predicted molar refractivity (Wildman–Crippen MR) is 76.0 cm³/mol. The van der Waals surface area contributed by atoms with Gasteiger partial charge in [-0.15, -0.1) is 0 Å². The molecule has 0 atom stereocenters. The maximum Gasteiger partial charge on any atom is 0.265 e. The minimum absolute atomic E-state index is 0.0726. The molecule has 0 aromatic heterocycles. The van der Waals surface area contributed by atoms with Gasteiger partial charge in [0.2, 0.25) is 5.91 Å². The maximum atomic E-state index is 14.0. The number of fused-ring (bicyclic) bond motifs is 1. The van der Waals surface area contributed by atoms with Crippen molar-refractivity contribution in [3.8, 4) is 0 Å². The molecule has 0 aliphatic carbocycles. The van der Waals surface area contributed by atoms with Crippen molar-refractivity contribution in [2.75, 3.05) is 4.90 Å². The van der Waals surface area contributed by atoms with E-state index in [9.17, 15) is 18.4 Å². The van der Waals surface area contributed by atoms with E-state index >= 15 is 0 Å². The number of benzene rings is 2. The van der Waals surface area contributed by atoms with Crippen molar-refractivity contribution in [2.24, 2.45) is 0 Å². The third-order valence-corrected chi connectivity index (χ3v) is 3.71. The molecule has 2 amide bonds. The van der Waals surface area contributed by atoms with E-state index in [2.05, 4.69) is 15.9 Å². The van der Waals surface area contributed by atoms with E-state index in [0.29, 0.717) is 10.5 Å². The average Bonchev–Trinajstić information content (AvgIpc) is 2.41. The molecule has 2 aromatic carbocycles. The van der Waals surface area contributed by atoms with Gasteiger partial charge in [-0.2, -0.15) is 0 Å². The Bertz CT molecular complexity index is 753. The first-order valence-electron chi connectivity index (χ1n) is 6.09. The van der Waals surface area contributed by atoms with Crippen LogP contribution in [0.1, 0.15) is 15.9 Å². The molecule has 6 heteroatoms. The molecule has 0 saturated heterocycles. The molecule has 0 saturated carbocycles. The van der Waals surface area contributed by atoms with Crippen LogP contribution in [-0.2, 0) is 11.2 Å². The van der Waals surface area contributed by atoms with Crippen molar-refractivity contribution in [1.82, 2.24) is 0 Å². The first-order valence-corrected chi connectivity index (χ1v) is 6.88. The summed E-state index contributed by atoms with van der Waals surface area (Å²) in [5.41, 5.74) is 0.197. The van der Waals surface area contributed by atoms with E-state index < -0.39 is 29.1 Å². The molecule has 0 radical (unpaired) electrons. The highest BCUT2D eigenvalue weighted by Gasteiger charge is 2.35. The van der Waals surface area contributed by atoms with Gasteiger partial charge in [-0.1, -0.05) is 34.1 Å². The van der Waals surface area contributed by atoms with Gasteiger partial charge in [0.25, 0.3) is 5.91 Å². The second-order valence-corrected chi connectivity index (χ2v) is 5.50. The van der Waals surface area contributed by atoms with Crippen molar-refractivity contribution < 1.29 is 18.4 Å². The minimum atomic E-state index is -0.969. The first-order chi connectivity index (χ1) is 9.99. The molecule has 0 N–H and O–H groups in total. The van der Waals surface area contributed by atoms with E-state index in [1.807, 2.05) is 0 Å². The largest absolute Gasteiger partial charge is 0.274 e. The van der Waals surface area contributed by atoms with Crippen LogP contribution in [0.2, 0.25) is 0 Å². The lowest BCUT2D eigenvalue weighted by atomic mass is 9.98. The smallest absolute Gasteiger partial charge is 0.265 e. The molecule has 3 rings (SSSR count). The SMILES string of the molecule is O=C1Cc2ccccc2C(=O)N1c1c(F)cc(Br)cc1F. The average molecular weight is 352 g/mol. The van der Waals surface area contributed by atoms with Gasteiger partial charge in [-0.05, 0) is 23.8 Å². The summed E-state index contributed by atoms with van der Waals surface area (Å²) in [6.45, 7) is 0. The molecule has 21 heavy (non-hydrogen) atoms. The van der Waals surface area contributed by atoms with E-state index in [0.717, 1.165) is 12.1 Å². The van der Waals surface area contributed by atoms with Gasteiger partial charge < -0.3 is 0 Å². The van der Waals surface area contributed by atoms with Gasteiger partial charge in [0.15, 0.2) is 11.6 Å². The highest BCUT2D eigenvalue weighted by molar-refractivity contribution is 9.10. The quantitative estimate of drug-likeness (QED) is 0.738. The Morgan fingerprint density at radius 1 is 1.05 bits per heavy atom. The molecule has 1 heterocycles. The zero-order chi connectivity index (χ0) is 15.1. The van der Waals surface area contributed by atoms with Crippen LogP contribution in [0.5, 0.6) is 0 Å². The highest BCUT2D eigenvalue weighted by Crippen LogP contribution is 2.31. The normalized spacial score (nSPS) is 14.3. The number of nitrogens with zero attached hydrogens (tertiary/aromatic N) is 1. The molecule has 0 unspecified atom stereocenters. The number of carbonyl (C=O) groups is 2. The number of carbonyl (C=O) groups excluding carboxylic acids is 2. The summed E-state index contributed by atoms with van der Waals surface area (Å²) in [7, 11) is 0. The second kappa shape index (κ2) is 5.04. The van der Waals surface area contributed by atoms with Crippen LogP contribution in [0.25, 0.3) is 0 Å². The highest BCUT2D eigenvalue weighted by atomic mass is 79.9. The lowest BCUT2D eigenvalue weighted by molar-refractivity contribution is -0.117. The molecular weight excluding hydrogens is 344 g/mol. The third kappa shape index (κ3) is 2.25. The Labute approximate surface area is 127 Å². The fourth-order valence-corrected chi connectivity index (χ4v) is 2.74. The summed E-state index contributed by atoms with van der Waals surface area (Å²) in [6.07, 6.45) is -0.0726. The minimum Gasteiger partial charge on any atom is -0.274 e. The topological polar surface area (TPSA) is 37.4 Å². The Balaban J connectivity index is 2.17. The molecule has 0 bridgehead atoms. The molecule has 1 aliphatic heterocycles. The molecule has 2 aromatic rings. The molecule has 0 fully saturated rings. The standard InChI is InChI=1S/C15H8BrF2NO2/c16-9-6-11(17)14(12(18)7-9)19-13(20)5-8-3-1-2-4-10(8)15(19)21/h1-4,6-7H,5H2. The van der Waals surface area contributed by atoms with Crippen LogP contribution in [0.3, 0.4) is 0 Å². The maximum absolute atomic E-state index is 14.0. The van der Waals surface area contributed by atoms with E-state index in [1.54, 1.807) is 18.2 Å². The molecule has 3 nitrogen and oxygen atoms in total. The number of rotatable bonds is 1. The Kier molecular flexibility index (Phi) is 3.33. The van der Waals surface area contributed by atoms with Crippen molar-refractivity contribution in [3.63, 3.8) is 0 Å². The fraction of sp³-hybridized carbons (Fsp3) is 0.0667. The summed E-state index contributed by atoms with van der Waals surface area (Å²) in [5, 5.41) is 0. The lowest BCUT2D eigenvalue weighted by Crippen LogP contribution is -2.43. The zero-order valence-electron chi connectivity index (χ0n) is 10.6. The van der Waals surface area contributed by atoms with E-state index in [4.69, 9.17) is 0 Å². The third-order valence-electron chi connectivity index (χ3n) is 3.25. The summed E-state index contributed by atoms with van der Waals surface area (Å²) in [4.78, 5) is 25.1. The molecule has 0 spiro atoms. The van der Waals surface area contributed by atoms with Crippen molar-refractivity contribution >= 4 is 33.4 Å². The van der Waals surface area contributed by atoms with Gasteiger partial charge in [0, 0.05) is 10.0 Å². The summed E-state index contributed by atoms with van der Waals surface area (Å²) >= 11 is 2.96. The number of amides is 2. The summed E-state index contributed by atoms with van der Waals surface area (Å²) in [6, 6.07) is 8.55. The molecule has 106 valence electrons. The zero-order valence-corrected chi connectivity index (χ0v) is 12.2. The van der Waals surface area contributed by atoms with Crippen LogP contribution >= 0.6 is 15.9 Å². The number of hydrogen-bond donors (Lipinski definition) is 0. The van der Waals surface area contributed by atoms with E-state index in [-0.39, 0.29) is 16.5 Å². The molecular formula is C15H8BrF2NO2. The van der Waals surface area contributed by atoms with E-state index in [1.165, 1.54) is 6.07 Å². The van der Waals surface area contributed by atoms with Crippen LogP contribution < -0.4 is 4.90 Å². The Morgan fingerprint density at radius 3 is 2.33 bits per heavy atom. The van der Waals surface area contributed by atoms with Gasteiger partial charge in [-0.3, -0.25) is 9.59 Å². The van der Waals surface area contributed by atoms with Crippen molar-refractivity contribution in [3.05, 3.63) is 63.6 Å². The number of hydrogen-bond acceptors (Lipinski definition) is 2. The predicted octanol–water partition coefficient (Wildman–Crippen LogP) is 3.46. The summed E-state index contributed by atoms with van der Waals surface area (Å²) < 4.78 is 28.2. The monoisotopic (exact) mass is 351 g/mol. The number of halogens is 3. The van der Waals surface area contributed by atoms with Crippen LogP contribution in [-0.4, -0.2) is 11.8 Å². The summed E-state index contributed by atoms with van der Waals surface area (Å²) in [5.74, 6) is -3.31. The first kappa shape index (κ1) is 13.9. The molecule has 1 aliphatic rings. The van der Waals surface area contributed by atoms with Gasteiger partial charge in [0.1, 0.15) is 5.69 Å². The fourth-order valence-electron chi connectivity index (χ4n) is 2.33. The Morgan fingerprint density at radius 2 is 1.67 bits per heavy atom. The number of anilines is 1.